The smallest absolute Gasteiger partial charge is 0.310 e. The fourth-order valence-corrected chi connectivity index (χ4v) is 2.32. The lowest BCUT2D eigenvalue weighted by atomic mass is 10.1. The molecular formula is C19H27NO4. The average Bonchev–Trinajstić information content (AvgIpc) is 2.57. The first-order chi connectivity index (χ1) is 11.4. The van der Waals surface area contributed by atoms with Crippen molar-refractivity contribution in [2.24, 2.45) is 11.8 Å². The van der Waals surface area contributed by atoms with E-state index in [-0.39, 0.29) is 17.8 Å². The van der Waals surface area contributed by atoms with Crippen LogP contribution in [0.1, 0.15) is 26.3 Å². The van der Waals surface area contributed by atoms with Gasteiger partial charge in [0.15, 0.2) is 0 Å². The molecule has 0 fully saturated rings. The van der Waals surface area contributed by atoms with Crippen LogP contribution in [0.15, 0.2) is 30.3 Å². The molecule has 1 rings (SSSR count). The lowest BCUT2D eigenvalue weighted by Crippen LogP contribution is -2.38. The van der Waals surface area contributed by atoms with Crippen LogP contribution in [-0.4, -0.2) is 44.1 Å². The van der Waals surface area contributed by atoms with Crippen molar-refractivity contribution < 1.29 is 19.1 Å². The first-order valence-corrected chi connectivity index (χ1v) is 8.06. The summed E-state index contributed by atoms with van der Waals surface area (Å²) in [5, 5.41) is 0. The van der Waals surface area contributed by atoms with Gasteiger partial charge >= 0.3 is 5.97 Å². The van der Waals surface area contributed by atoms with Gasteiger partial charge in [-0.2, -0.15) is 0 Å². The molecule has 0 aliphatic heterocycles. The molecule has 1 aromatic carbocycles. The van der Waals surface area contributed by atoms with Gasteiger partial charge in [0.1, 0.15) is 5.75 Å². The van der Waals surface area contributed by atoms with Gasteiger partial charge in [-0.15, -0.1) is 0 Å². The fourth-order valence-electron chi connectivity index (χ4n) is 2.32. The van der Waals surface area contributed by atoms with Gasteiger partial charge in [0.05, 0.1) is 20.1 Å². The predicted molar refractivity (Wildman–Crippen MR) is 94.6 cm³/mol. The zero-order chi connectivity index (χ0) is 18.1. The van der Waals surface area contributed by atoms with Gasteiger partial charge in [0.25, 0.3) is 0 Å². The molecule has 5 heteroatoms. The maximum Gasteiger partial charge on any atom is 0.310 e. The minimum Gasteiger partial charge on any atom is -0.497 e. The van der Waals surface area contributed by atoms with Crippen LogP contribution in [0, 0.1) is 11.8 Å². The number of esters is 1. The molecule has 0 saturated heterocycles. The molecule has 0 aliphatic carbocycles. The molecule has 24 heavy (non-hydrogen) atoms. The second-order valence-corrected chi connectivity index (χ2v) is 6.17. The van der Waals surface area contributed by atoms with Gasteiger partial charge in [-0.1, -0.05) is 32.9 Å². The van der Waals surface area contributed by atoms with Crippen molar-refractivity contribution in [2.75, 3.05) is 27.3 Å². The lowest BCUT2D eigenvalue weighted by molar-refractivity contribution is -0.146. The number of carbonyl (C=O) groups is 2. The van der Waals surface area contributed by atoms with Gasteiger partial charge in [-0.05, 0) is 29.7 Å². The Bertz CT molecular complexity index is 580. The zero-order valence-corrected chi connectivity index (χ0v) is 15.1. The number of ether oxygens (including phenoxy) is 2. The quantitative estimate of drug-likeness (QED) is 0.542. The van der Waals surface area contributed by atoms with Crippen LogP contribution >= 0.6 is 0 Å². The number of methoxy groups -OCH3 is 2. The predicted octanol–water partition coefficient (Wildman–Crippen LogP) is 3.00. The summed E-state index contributed by atoms with van der Waals surface area (Å²) in [6.45, 7) is 6.76. The third-order valence-electron chi connectivity index (χ3n) is 3.51. The Morgan fingerprint density at radius 3 is 2.46 bits per heavy atom. The number of hydrogen-bond donors (Lipinski definition) is 0. The van der Waals surface area contributed by atoms with Crippen LogP contribution in [-0.2, 0) is 14.3 Å². The van der Waals surface area contributed by atoms with Crippen LogP contribution in [0.2, 0.25) is 0 Å². The van der Waals surface area contributed by atoms with E-state index < -0.39 is 0 Å². The number of hydrogen-bond acceptors (Lipinski definition) is 4. The van der Waals surface area contributed by atoms with E-state index >= 15 is 0 Å². The lowest BCUT2D eigenvalue weighted by Gasteiger charge is -2.25. The minimum absolute atomic E-state index is 0.123. The Morgan fingerprint density at radius 1 is 1.17 bits per heavy atom. The average molecular weight is 333 g/mol. The van der Waals surface area contributed by atoms with E-state index in [2.05, 4.69) is 0 Å². The first-order valence-electron chi connectivity index (χ1n) is 8.06. The van der Waals surface area contributed by atoms with Crippen molar-refractivity contribution in [1.29, 1.82) is 0 Å². The molecule has 1 unspecified atom stereocenters. The summed E-state index contributed by atoms with van der Waals surface area (Å²) < 4.78 is 9.92. The van der Waals surface area contributed by atoms with Crippen LogP contribution in [0.5, 0.6) is 5.75 Å². The highest BCUT2D eigenvalue weighted by Gasteiger charge is 2.20. The number of rotatable bonds is 8. The van der Waals surface area contributed by atoms with Gasteiger partial charge in [-0.3, -0.25) is 9.59 Å². The molecule has 1 amide bonds. The van der Waals surface area contributed by atoms with E-state index in [0.29, 0.717) is 19.0 Å². The Balaban J connectivity index is 2.82. The largest absolute Gasteiger partial charge is 0.497 e. The molecule has 0 spiro atoms. The number of benzene rings is 1. The maximum atomic E-state index is 12.5. The van der Waals surface area contributed by atoms with E-state index in [9.17, 15) is 9.59 Å². The molecule has 0 bridgehead atoms. The molecule has 0 N–H and O–H groups in total. The van der Waals surface area contributed by atoms with Crippen molar-refractivity contribution in [3.8, 4) is 5.75 Å². The van der Waals surface area contributed by atoms with Crippen LogP contribution in [0.3, 0.4) is 0 Å². The number of carbonyl (C=O) groups excluding carboxylic acids is 2. The summed E-state index contributed by atoms with van der Waals surface area (Å²) in [4.78, 5) is 25.8. The van der Waals surface area contributed by atoms with Crippen molar-refractivity contribution in [3.63, 3.8) is 0 Å². The van der Waals surface area contributed by atoms with Crippen molar-refractivity contribution in [2.45, 2.75) is 20.8 Å². The van der Waals surface area contributed by atoms with E-state index in [1.165, 1.54) is 13.2 Å². The normalized spacial score (nSPS) is 12.2. The van der Waals surface area contributed by atoms with Gasteiger partial charge < -0.3 is 14.4 Å². The zero-order valence-electron chi connectivity index (χ0n) is 15.1. The summed E-state index contributed by atoms with van der Waals surface area (Å²) in [5.74, 6) is 0.255. The molecule has 1 aromatic rings. The SMILES string of the molecule is COC(=O)C(C)CN(CC(C)C)C(=O)/C=C/c1cccc(OC)c1. The highest BCUT2D eigenvalue weighted by Crippen LogP contribution is 2.14. The Labute approximate surface area is 144 Å². The molecule has 1 atom stereocenters. The molecular weight excluding hydrogens is 306 g/mol. The second kappa shape index (κ2) is 9.75. The topological polar surface area (TPSA) is 55.8 Å². The summed E-state index contributed by atoms with van der Waals surface area (Å²) >= 11 is 0. The van der Waals surface area contributed by atoms with E-state index in [1.807, 2.05) is 38.1 Å². The molecule has 5 nitrogen and oxygen atoms in total. The van der Waals surface area contributed by atoms with Crippen molar-refractivity contribution in [3.05, 3.63) is 35.9 Å². The Hall–Kier alpha value is -2.30. The highest BCUT2D eigenvalue weighted by molar-refractivity contribution is 5.92. The van der Waals surface area contributed by atoms with Crippen molar-refractivity contribution >= 4 is 18.0 Å². The summed E-state index contributed by atoms with van der Waals surface area (Å²) in [5.41, 5.74) is 0.883. The van der Waals surface area contributed by atoms with Gasteiger partial charge in [-0.25, -0.2) is 0 Å². The van der Waals surface area contributed by atoms with E-state index in [4.69, 9.17) is 9.47 Å². The fraction of sp³-hybridized carbons (Fsp3) is 0.474. The summed E-state index contributed by atoms with van der Waals surface area (Å²) in [6.07, 6.45) is 3.28. The first kappa shape index (κ1) is 19.7. The molecule has 0 aromatic heterocycles. The molecule has 0 radical (unpaired) electrons. The van der Waals surface area contributed by atoms with Crippen LogP contribution < -0.4 is 4.74 Å². The third-order valence-corrected chi connectivity index (χ3v) is 3.51. The second-order valence-electron chi connectivity index (χ2n) is 6.17. The number of amides is 1. The standard InChI is InChI=1S/C19H27NO4/c1-14(2)12-20(13-15(3)19(22)24-5)18(21)10-9-16-7-6-8-17(11-16)23-4/h6-11,14-15H,12-13H2,1-5H3/b10-9+. The summed E-state index contributed by atoms with van der Waals surface area (Å²) in [7, 11) is 2.96. The maximum absolute atomic E-state index is 12.5. The Kier molecular flexibility index (Phi) is 8.02. The molecule has 0 saturated carbocycles. The number of nitrogens with zero attached hydrogens (tertiary/aromatic N) is 1. The van der Waals surface area contributed by atoms with Crippen LogP contribution in [0.4, 0.5) is 0 Å². The molecule has 0 aliphatic rings. The molecule has 132 valence electrons. The summed E-state index contributed by atoms with van der Waals surface area (Å²) in [6, 6.07) is 7.47. The monoisotopic (exact) mass is 333 g/mol. The van der Waals surface area contributed by atoms with Crippen molar-refractivity contribution in [1.82, 2.24) is 4.90 Å². The van der Waals surface area contributed by atoms with Gasteiger partial charge in [0, 0.05) is 19.2 Å². The molecule has 0 heterocycles. The minimum atomic E-state index is -0.358. The van der Waals surface area contributed by atoms with Crippen LogP contribution in [0.25, 0.3) is 6.08 Å². The highest BCUT2D eigenvalue weighted by atomic mass is 16.5. The van der Waals surface area contributed by atoms with Gasteiger partial charge in [0.2, 0.25) is 5.91 Å². The van der Waals surface area contributed by atoms with E-state index in [0.717, 1.165) is 11.3 Å². The third kappa shape index (κ3) is 6.44. The Morgan fingerprint density at radius 2 is 1.88 bits per heavy atom. The van der Waals surface area contributed by atoms with E-state index in [1.54, 1.807) is 25.0 Å².